The van der Waals surface area contributed by atoms with Crippen LogP contribution in [0.2, 0.25) is 5.02 Å². The molecule has 0 aliphatic carbocycles. The van der Waals surface area contributed by atoms with Gasteiger partial charge < -0.3 is 14.0 Å². The number of aromatic nitrogens is 3. The third-order valence-corrected chi connectivity index (χ3v) is 4.33. The molecule has 0 unspecified atom stereocenters. The fourth-order valence-electron chi connectivity index (χ4n) is 2.97. The first-order chi connectivity index (χ1) is 10.0. The van der Waals surface area contributed by atoms with Crippen molar-refractivity contribution in [3.8, 4) is 0 Å². The zero-order valence-electron chi connectivity index (χ0n) is 12.3. The smallest absolute Gasteiger partial charge is 0.270 e. The van der Waals surface area contributed by atoms with E-state index in [4.69, 9.17) is 11.6 Å². The van der Waals surface area contributed by atoms with Crippen LogP contribution in [0.15, 0.2) is 24.7 Å². The van der Waals surface area contributed by atoms with Gasteiger partial charge in [0.2, 0.25) is 0 Å². The topological polar surface area (TPSA) is 43.1 Å². The third-order valence-electron chi connectivity index (χ3n) is 4.12. The Kier molecular flexibility index (Phi) is 3.76. The number of imidazole rings is 1. The van der Waals surface area contributed by atoms with E-state index in [2.05, 4.69) is 9.55 Å². The molecule has 0 fully saturated rings. The minimum absolute atomic E-state index is 0.0123. The first-order valence-electron chi connectivity index (χ1n) is 7.12. The van der Waals surface area contributed by atoms with Crippen molar-refractivity contribution < 1.29 is 4.79 Å². The third kappa shape index (κ3) is 2.83. The fraction of sp³-hybridized carbons (Fsp3) is 0.467. The molecular formula is C15H19ClN4O. The Bertz CT molecular complexity index is 660. The van der Waals surface area contributed by atoms with Gasteiger partial charge in [0.1, 0.15) is 11.5 Å². The van der Waals surface area contributed by atoms with Gasteiger partial charge in [0.15, 0.2) is 0 Å². The Hall–Kier alpha value is -1.75. The molecule has 1 aliphatic heterocycles. The number of amides is 1. The maximum absolute atomic E-state index is 12.5. The number of carbonyl (C=O) groups excluding carboxylic acids is 1. The quantitative estimate of drug-likeness (QED) is 0.872. The maximum atomic E-state index is 12.5. The SMILES string of the molecule is CN(C[C@H]1CCn2ccnc2C1)C(=O)c1cc(Cl)cn1C. The van der Waals surface area contributed by atoms with Crippen LogP contribution in [0.3, 0.4) is 0 Å². The average molecular weight is 307 g/mol. The van der Waals surface area contributed by atoms with E-state index < -0.39 is 0 Å². The predicted molar refractivity (Wildman–Crippen MR) is 81.4 cm³/mol. The Morgan fingerprint density at radius 2 is 2.38 bits per heavy atom. The Labute approximate surface area is 129 Å². The van der Waals surface area contributed by atoms with Crippen LogP contribution in [0.4, 0.5) is 0 Å². The summed E-state index contributed by atoms with van der Waals surface area (Å²) in [6.07, 6.45) is 7.62. The zero-order chi connectivity index (χ0) is 15.0. The largest absolute Gasteiger partial charge is 0.345 e. The van der Waals surface area contributed by atoms with Gasteiger partial charge in [-0.1, -0.05) is 11.6 Å². The molecule has 6 heteroatoms. The molecular weight excluding hydrogens is 288 g/mol. The summed E-state index contributed by atoms with van der Waals surface area (Å²) in [4.78, 5) is 18.6. The van der Waals surface area contributed by atoms with Crippen LogP contribution in [0.5, 0.6) is 0 Å². The normalized spacial score (nSPS) is 17.6. The number of rotatable bonds is 3. The van der Waals surface area contributed by atoms with Gasteiger partial charge in [0.05, 0.1) is 5.02 Å². The molecule has 0 saturated heterocycles. The van der Waals surface area contributed by atoms with E-state index in [-0.39, 0.29) is 5.91 Å². The molecule has 0 saturated carbocycles. The summed E-state index contributed by atoms with van der Waals surface area (Å²) in [6.45, 7) is 1.73. The summed E-state index contributed by atoms with van der Waals surface area (Å²) < 4.78 is 3.96. The summed E-state index contributed by atoms with van der Waals surface area (Å²) in [6, 6.07) is 1.72. The van der Waals surface area contributed by atoms with Gasteiger partial charge in [0.25, 0.3) is 5.91 Å². The molecule has 1 amide bonds. The first kappa shape index (κ1) is 14.2. The molecule has 0 N–H and O–H groups in total. The Morgan fingerprint density at radius 1 is 1.57 bits per heavy atom. The Balaban J connectivity index is 1.65. The number of fused-ring (bicyclic) bond motifs is 1. The van der Waals surface area contributed by atoms with E-state index >= 15 is 0 Å². The number of aryl methyl sites for hydroxylation is 2. The second kappa shape index (κ2) is 5.56. The average Bonchev–Trinajstić information content (AvgIpc) is 3.03. The van der Waals surface area contributed by atoms with Crippen LogP contribution in [-0.4, -0.2) is 38.5 Å². The lowest BCUT2D eigenvalue weighted by molar-refractivity contribution is 0.0754. The van der Waals surface area contributed by atoms with Crippen molar-refractivity contribution in [3.63, 3.8) is 0 Å². The molecule has 21 heavy (non-hydrogen) atoms. The van der Waals surface area contributed by atoms with E-state index in [1.807, 2.05) is 26.5 Å². The van der Waals surface area contributed by atoms with Crippen LogP contribution in [0.25, 0.3) is 0 Å². The highest BCUT2D eigenvalue weighted by atomic mass is 35.5. The van der Waals surface area contributed by atoms with Crippen molar-refractivity contribution in [3.05, 3.63) is 41.2 Å². The van der Waals surface area contributed by atoms with Gasteiger partial charge in [-0.2, -0.15) is 0 Å². The van der Waals surface area contributed by atoms with Crippen LogP contribution < -0.4 is 0 Å². The van der Waals surface area contributed by atoms with Gasteiger partial charge in [0, 0.05) is 52.2 Å². The van der Waals surface area contributed by atoms with Crippen molar-refractivity contribution in [2.75, 3.05) is 13.6 Å². The summed E-state index contributed by atoms with van der Waals surface area (Å²) >= 11 is 5.95. The van der Waals surface area contributed by atoms with E-state index in [0.29, 0.717) is 16.6 Å². The lowest BCUT2D eigenvalue weighted by Crippen LogP contribution is -2.35. The van der Waals surface area contributed by atoms with Crippen LogP contribution >= 0.6 is 11.6 Å². The second-order valence-electron chi connectivity index (χ2n) is 5.74. The van der Waals surface area contributed by atoms with Crippen LogP contribution in [0, 0.1) is 5.92 Å². The molecule has 5 nitrogen and oxygen atoms in total. The second-order valence-corrected chi connectivity index (χ2v) is 6.17. The van der Waals surface area contributed by atoms with Crippen molar-refractivity contribution in [1.29, 1.82) is 0 Å². The fourth-order valence-corrected chi connectivity index (χ4v) is 3.22. The van der Waals surface area contributed by atoms with Crippen molar-refractivity contribution in [1.82, 2.24) is 19.0 Å². The van der Waals surface area contributed by atoms with Crippen LogP contribution in [0.1, 0.15) is 22.7 Å². The Morgan fingerprint density at radius 3 is 3.10 bits per heavy atom. The van der Waals surface area contributed by atoms with Crippen molar-refractivity contribution in [2.24, 2.45) is 13.0 Å². The van der Waals surface area contributed by atoms with Gasteiger partial charge in [-0.25, -0.2) is 4.98 Å². The van der Waals surface area contributed by atoms with Crippen molar-refractivity contribution >= 4 is 17.5 Å². The lowest BCUT2D eigenvalue weighted by Gasteiger charge is -2.27. The molecule has 112 valence electrons. The summed E-state index contributed by atoms with van der Waals surface area (Å²) in [5.74, 6) is 1.59. The standard InChI is InChI=1S/C15H19ClN4O/c1-18-10-12(16)8-13(18)15(21)19(2)9-11-3-5-20-6-4-17-14(20)7-11/h4,6,8,10-11H,3,5,7,9H2,1-2H3/t11-/m0/s1. The van der Waals surface area contributed by atoms with Gasteiger partial charge in [-0.05, 0) is 18.4 Å². The zero-order valence-corrected chi connectivity index (χ0v) is 13.0. The van der Waals surface area contributed by atoms with Crippen molar-refractivity contribution in [2.45, 2.75) is 19.4 Å². The summed E-state index contributed by atoms with van der Waals surface area (Å²) in [7, 11) is 3.69. The molecule has 0 spiro atoms. The molecule has 1 atom stereocenters. The van der Waals surface area contributed by atoms with Gasteiger partial charge in [-0.15, -0.1) is 0 Å². The maximum Gasteiger partial charge on any atom is 0.270 e. The highest BCUT2D eigenvalue weighted by Crippen LogP contribution is 2.21. The van der Waals surface area contributed by atoms with Gasteiger partial charge in [-0.3, -0.25) is 4.79 Å². The number of carbonyl (C=O) groups is 1. The molecule has 0 radical (unpaired) electrons. The molecule has 0 bridgehead atoms. The van der Waals surface area contributed by atoms with Gasteiger partial charge >= 0.3 is 0 Å². The minimum Gasteiger partial charge on any atom is -0.345 e. The summed E-state index contributed by atoms with van der Waals surface area (Å²) in [5.41, 5.74) is 0.625. The number of nitrogens with zero attached hydrogens (tertiary/aromatic N) is 4. The molecule has 3 heterocycles. The highest BCUT2D eigenvalue weighted by molar-refractivity contribution is 6.31. The molecule has 1 aliphatic rings. The summed E-state index contributed by atoms with van der Waals surface area (Å²) in [5, 5.41) is 0.592. The number of halogens is 1. The monoisotopic (exact) mass is 306 g/mol. The predicted octanol–water partition coefficient (Wildman–Crippen LogP) is 2.21. The first-order valence-corrected chi connectivity index (χ1v) is 7.49. The highest BCUT2D eigenvalue weighted by Gasteiger charge is 2.23. The van der Waals surface area contributed by atoms with Crippen LogP contribution in [-0.2, 0) is 20.0 Å². The van der Waals surface area contributed by atoms with E-state index in [1.165, 1.54) is 0 Å². The number of hydrogen-bond donors (Lipinski definition) is 0. The van der Waals surface area contributed by atoms with E-state index in [1.54, 1.807) is 21.7 Å². The lowest BCUT2D eigenvalue weighted by atomic mass is 9.97. The molecule has 2 aromatic rings. The number of hydrogen-bond acceptors (Lipinski definition) is 2. The molecule has 3 rings (SSSR count). The molecule has 2 aromatic heterocycles. The van der Waals surface area contributed by atoms with E-state index in [9.17, 15) is 4.79 Å². The minimum atomic E-state index is 0.0123. The van der Waals surface area contributed by atoms with E-state index in [0.717, 1.165) is 31.8 Å². The molecule has 0 aromatic carbocycles.